The van der Waals surface area contributed by atoms with Gasteiger partial charge in [0.2, 0.25) is 10.0 Å². The molecular weight excluding hydrogens is 294 g/mol. The first kappa shape index (κ1) is 15.9. The number of aromatic nitrogens is 1. The predicted molar refractivity (Wildman–Crippen MR) is 82.4 cm³/mol. The lowest BCUT2D eigenvalue weighted by molar-refractivity contribution is 0.316. The van der Waals surface area contributed by atoms with Crippen molar-refractivity contribution in [3.8, 4) is 0 Å². The van der Waals surface area contributed by atoms with Crippen LogP contribution in [0.15, 0.2) is 5.38 Å². The fourth-order valence-corrected chi connectivity index (χ4v) is 3.88. The summed E-state index contributed by atoms with van der Waals surface area (Å²) in [5.74, 6) is 0.888. The molecule has 0 saturated carbocycles. The van der Waals surface area contributed by atoms with E-state index in [2.05, 4.69) is 33.8 Å². The van der Waals surface area contributed by atoms with E-state index in [0.29, 0.717) is 18.4 Å². The molecule has 0 aliphatic carbocycles. The van der Waals surface area contributed by atoms with Gasteiger partial charge in [-0.25, -0.2) is 18.1 Å². The van der Waals surface area contributed by atoms with E-state index >= 15 is 0 Å². The zero-order chi connectivity index (χ0) is 14.8. The minimum atomic E-state index is -3.07. The van der Waals surface area contributed by atoms with Crippen LogP contribution in [0.25, 0.3) is 0 Å². The summed E-state index contributed by atoms with van der Waals surface area (Å²) in [5, 5.41) is 3.30. The number of hydrogen-bond acceptors (Lipinski definition) is 5. The minimum Gasteiger partial charge on any atom is -0.296 e. The van der Waals surface area contributed by atoms with Gasteiger partial charge in [-0.3, -0.25) is 4.90 Å². The minimum absolute atomic E-state index is 0.411. The average Bonchev–Trinajstić information content (AvgIpc) is 2.95. The third kappa shape index (κ3) is 4.80. The Labute approximate surface area is 125 Å². The number of thiazole rings is 1. The highest BCUT2D eigenvalue weighted by atomic mass is 32.2. The van der Waals surface area contributed by atoms with Gasteiger partial charge >= 0.3 is 0 Å². The number of sulfonamides is 1. The molecular formula is C13H23N3O2S2. The van der Waals surface area contributed by atoms with Crippen LogP contribution in [0.3, 0.4) is 0 Å². The number of nitrogens with zero attached hydrogens (tertiary/aromatic N) is 2. The Morgan fingerprint density at radius 2 is 2.30 bits per heavy atom. The van der Waals surface area contributed by atoms with Gasteiger partial charge in [0.25, 0.3) is 0 Å². The smallest absolute Gasteiger partial charge is 0.208 e. The van der Waals surface area contributed by atoms with Gasteiger partial charge in [0.1, 0.15) is 5.01 Å². The normalized spacial score (nSPS) is 20.9. The zero-order valence-electron chi connectivity index (χ0n) is 12.3. The fraction of sp³-hybridized carbons (Fsp3) is 0.769. The summed E-state index contributed by atoms with van der Waals surface area (Å²) in [4.78, 5) is 7.01. The lowest BCUT2D eigenvalue weighted by atomic mass is 10.1. The summed E-state index contributed by atoms with van der Waals surface area (Å²) in [6, 6.07) is 0. The molecule has 0 aromatic carbocycles. The first-order valence-electron chi connectivity index (χ1n) is 6.95. The molecule has 1 aromatic rings. The molecule has 7 heteroatoms. The molecule has 1 saturated heterocycles. The molecule has 0 amide bonds. The van der Waals surface area contributed by atoms with Gasteiger partial charge < -0.3 is 0 Å². The summed E-state index contributed by atoms with van der Waals surface area (Å²) < 4.78 is 24.8. The number of likely N-dealkylation sites (tertiary alicyclic amines) is 1. The molecule has 20 heavy (non-hydrogen) atoms. The van der Waals surface area contributed by atoms with Gasteiger partial charge in [-0.2, -0.15) is 0 Å². The van der Waals surface area contributed by atoms with E-state index in [9.17, 15) is 8.42 Å². The van der Waals surface area contributed by atoms with Crippen LogP contribution in [0, 0.1) is 5.92 Å². The van der Waals surface area contributed by atoms with Crippen molar-refractivity contribution in [3.63, 3.8) is 0 Å². The number of rotatable bonds is 6. The average molecular weight is 317 g/mol. The number of nitrogens with one attached hydrogen (secondary N) is 1. The van der Waals surface area contributed by atoms with Crippen LogP contribution in [0.1, 0.15) is 36.9 Å². The van der Waals surface area contributed by atoms with Crippen molar-refractivity contribution >= 4 is 21.4 Å². The predicted octanol–water partition coefficient (Wildman–Crippen LogP) is 1.64. The van der Waals surface area contributed by atoms with Gasteiger partial charge in [-0.15, -0.1) is 11.3 Å². The molecule has 2 heterocycles. The lowest BCUT2D eigenvalue weighted by Gasteiger charge is -2.14. The van der Waals surface area contributed by atoms with Crippen LogP contribution in [0.2, 0.25) is 0 Å². The first-order chi connectivity index (χ1) is 9.33. The van der Waals surface area contributed by atoms with Gasteiger partial charge in [0.05, 0.1) is 18.5 Å². The van der Waals surface area contributed by atoms with E-state index in [1.54, 1.807) is 11.3 Å². The largest absolute Gasteiger partial charge is 0.296 e. The second kappa shape index (κ2) is 6.51. The second-order valence-corrected chi connectivity index (χ2v) is 8.61. The Bertz CT molecular complexity index is 540. The van der Waals surface area contributed by atoms with Crippen molar-refractivity contribution in [1.82, 2.24) is 14.6 Å². The van der Waals surface area contributed by atoms with Crippen LogP contribution in [0.4, 0.5) is 0 Å². The molecule has 1 N–H and O–H groups in total. The fourth-order valence-electron chi connectivity index (χ4n) is 2.35. The van der Waals surface area contributed by atoms with E-state index in [4.69, 9.17) is 0 Å². The maximum atomic E-state index is 11.1. The zero-order valence-corrected chi connectivity index (χ0v) is 13.9. The topological polar surface area (TPSA) is 62.3 Å². The molecule has 114 valence electrons. The molecule has 0 bridgehead atoms. The Balaban J connectivity index is 1.80. The second-order valence-electron chi connectivity index (χ2n) is 5.83. The van der Waals surface area contributed by atoms with Crippen LogP contribution in [0.5, 0.6) is 0 Å². The molecule has 1 aliphatic heterocycles. The van der Waals surface area contributed by atoms with Crippen LogP contribution >= 0.6 is 11.3 Å². The van der Waals surface area contributed by atoms with E-state index in [0.717, 1.165) is 31.1 Å². The van der Waals surface area contributed by atoms with Crippen LogP contribution < -0.4 is 4.72 Å². The first-order valence-corrected chi connectivity index (χ1v) is 9.72. The highest BCUT2D eigenvalue weighted by molar-refractivity contribution is 7.88. The maximum absolute atomic E-state index is 11.1. The highest BCUT2D eigenvalue weighted by Crippen LogP contribution is 2.22. The van der Waals surface area contributed by atoms with E-state index in [1.165, 1.54) is 11.9 Å². The molecule has 1 fully saturated rings. The quantitative estimate of drug-likeness (QED) is 0.866. The molecule has 5 nitrogen and oxygen atoms in total. The summed E-state index contributed by atoms with van der Waals surface area (Å²) in [7, 11) is -3.07. The van der Waals surface area contributed by atoms with Crippen molar-refractivity contribution in [3.05, 3.63) is 16.1 Å². The Kier molecular flexibility index (Phi) is 5.17. The van der Waals surface area contributed by atoms with E-state index in [1.807, 2.05) is 0 Å². The summed E-state index contributed by atoms with van der Waals surface area (Å²) >= 11 is 1.72. The molecule has 1 atom stereocenters. The van der Waals surface area contributed by atoms with Gasteiger partial charge in [0, 0.05) is 18.5 Å². The van der Waals surface area contributed by atoms with Crippen molar-refractivity contribution in [2.45, 2.75) is 32.7 Å². The molecule has 0 spiro atoms. The summed E-state index contributed by atoms with van der Waals surface area (Å²) in [6.07, 6.45) is 2.26. The molecule has 0 unspecified atom stereocenters. The molecule has 2 rings (SSSR count). The van der Waals surface area contributed by atoms with Crippen LogP contribution in [-0.4, -0.2) is 44.2 Å². The highest BCUT2D eigenvalue weighted by Gasteiger charge is 2.24. The monoisotopic (exact) mass is 317 g/mol. The van der Waals surface area contributed by atoms with Crippen LogP contribution in [-0.2, 0) is 16.6 Å². The molecule has 1 aromatic heterocycles. The number of hydrogen-bond donors (Lipinski definition) is 1. The van der Waals surface area contributed by atoms with Gasteiger partial charge in [-0.1, -0.05) is 13.8 Å². The Morgan fingerprint density at radius 1 is 1.55 bits per heavy atom. The van der Waals surface area contributed by atoms with Gasteiger partial charge in [-0.05, 0) is 24.8 Å². The maximum Gasteiger partial charge on any atom is 0.208 e. The third-order valence-corrected chi connectivity index (χ3v) is 5.07. The SMILES string of the molecule is CC(C)c1csc(CN2CC[C@H](CNS(C)(=O)=O)C2)n1. The van der Waals surface area contributed by atoms with Crippen molar-refractivity contribution in [2.24, 2.45) is 5.92 Å². The Hall–Kier alpha value is -0.500. The van der Waals surface area contributed by atoms with Crippen molar-refractivity contribution in [1.29, 1.82) is 0 Å². The summed E-state index contributed by atoms with van der Waals surface area (Å²) in [6.45, 7) is 7.70. The van der Waals surface area contributed by atoms with Crippen molar-refractivity contribution in [2.75, 3.05) is 25.9 Å². The third-order valence-electron chi connectivity index (χ3n) is 3.52. The molecule has 0 radical (unpaired) electrons. The lowest BCUT2D eigenvalue weighted by Crippen LogP contribution is -2.30. The van der Waals surface area contributed by atoms with E-state index in [-0.39, 0.29) is 0 Å². The Morgan fingerprint density at radius 3 is 2.90 bits per heavy atom. The molecule has 1 aliphatic rings. The van der Waals surface area contributed by atoms with E-state index < -0.39 is 10.0 Å². The summed E-state index contributed by atoms with van der Waals surface area (Å²) in [5.41, 5.74) is 1.17. The van der Waals surface area contributed by atoms with Gasteiger partial charge in [0.15, 0.2) is 0 Å². The van der Waals surface area contributed by atoms with Crippen molar-refractivity contribution < 1.29 is 8.42 Å². The standard InChI is InChI=1S/C13H23N3O2S2/c1-10(2)12-9-19-13(15-12)8-16-5-4-11(7-16)6-14-20(3,17)18/h9-11,14H,4-8H2,1-3H3/t11-/m1/s1.